The SMILES string of the molecule is CC/C=C/C=C/C=C/C=C/CCCCCC(=O)OC(COCCC(C(=O)O)[N+](C)(C)C)COC(=O)CCCCC/C=C/CCCCCCCCC. The van der Waals surface area contributed by atoms with Gasteiger partial charge in [-0.2, -0.15) is 0 Å². The Labute approximate surface area is 311 Å². The van der Waals surface area contributed by atoms with Crippen LogP contribution in [0.15, 0.2) is 60.8 Å². The van der Waals surface area contributed by atoms with E-state index < -0.39 is 18.1 Å². The van der Waals surface area contributed by atoms with Crippen LogP contribution in [0.5, 0.6) is 0 Å². The van der Waals surface area contributed by atoms with Gasteiger partial charge >= 0.3 is 17.9 Å². The van der Waals surface area contributed by atoms with Gasteiger partial charge in [0.15, 0.2) is 12.1 Å². The van der Waals surface area contributed by atoms with E-state index in [0.717, 1.165) is 57.8 Å². The van der Waals surface area contributed by atoms with E-state index in [2.05, 4.69) is 38.2 Å². The van der Waals surface area contributed by atoms with Gasteiger partial charge in [-0.1, -0.05) is 126 Å². The molecule has 8 heteroatoms. The lowest BCUT2D eigenvalue weighted by Gasteiger charge is -2.31. The topological polar surface area (TPSA) is 99.1 Å². The van der Waals surface area contributed by atoms with Crippen LogP contribution in [0.3, 0.4) is 0 Å². The lowest BCUT2D eigenvalue weighted by atomic mass is 10.1. The van der Waals surface area contributed by atoms with Crippen molar-refractivity contribution >= 4 is 17.9 Å². The highest BCUT2D eigenvalue weighted by Crippen LogP contribution is 2.12. The molecule has 0 aliphatic carbocycles. The molecule has 51 heavy (non-hydrogen) atoms. The highest BCUT2D eigenvalue weighted by atomic mass is 16.6. The monoisotopic (exact) mass is 717 g/mol. The van der Waals surface area contributed by atoms with Gasteiger partial charge in [-0.25, -0.2) is 4.79 Å². The Morgan fingerprint density at radius 1 is 0.608 bits per heavy atom. The fourth-order valence-electron chi connectivity index (χ4n) is 5.39. The summed E-state index contributed by atoms with van der Waals surface area (Å²) in [6, 6.07) is -0.625. The van der Waals surface area contributed by atoms with Crippen molar-refractivity contribution in [2.24, 2.45) is 0 Å². The number of carboxylic acids is 1. The Morgan fingerprint density at radius 3 is 1.69 bits per heavy atom. The molecular formula is C43H74NO7+. The number of nitrogens with zero attached hydrogens (tertiary/aromatic N) is 1. The minimum atomic E-state index is -0.887. The number of hydrogen-bond donors (Lipinski definition) is 1. The third-order valence-electron chi connectivity index (χ3n) is 8.50. The molecule has 0 fully saturated rings. The molecule has 1 N–H and O–H groups in total. The predicted octanol–water partition coefficient (Wildman–Crippen LogP) is 10.2. The Morgan fingerprint density at radius 2 is 1.12 bits per heavy atom. The van der Waals surface area contributed by atoms with E-state index in [4.69, 9.17) is 14.2 Å². The number of quaternary nitrogens is 1. The van der Waals surface area contributed by atoms with E-state index in [1.165, 1.54) is 44.9 Å². The quantitative estimate of drug-likeness (QED) is 0.0233. The van der Waals surface area contributed by atoms with E-state index in [9.17, 15) is 19.5 Å². The first-order chi connectivity index (χ1) is 24.6. The molecule has 0 spiro atoms. The largest absolute Gasteiger partial charge is 0.477 e. The van der Waals surface area contributed by atoms with Crippen LogP contribution in [-0.2, 0) is 28.6 Å². The van der Waals surface area contributed by atoms with Crippen molar-refractivity contribution in [2.75, 3.05) is 41.0 Å². The van der Waals surface area contributed by atoms with Crippen LogP contribution in [0.1, 0.15) is 142 Å². The number of rotatable bonds is 34. The molecule has 0 heterocycles. The number of hydrogen-bond acceptors (Lipinski definition) is 6. The lowest BCUT2D eigenvalue weighted by molar-refractivity contribution is -0.887. The number of unbranched alkanes of at least 4 members (excludes halogenated alkanes) is 13. The second kappa shape index (κ2) is 34.1. The summed E-state index contributed by atoms with van der Waals surface area (Å²) in [4.78, 5) is 36.8. The van der Waals surface area contributed by atoms with Gasteiger partial charge < -0.3 is 23.8 Å². The third kappa shape index (κ3) is 32.7. The van der Waals surface area contributed by atoms with Crippen molar-refractivity contribution in [2.45, 2.75) is 154 Å². The van der Waals surface area contributed by atoms with E-state index in [1.54, 1.807) is 0 Å². The van der Waals surface area contributed by atoms with Crippen molar-refractivity contribution in [1.29, 1.82) is 0 Å². The Balaban J connectivity index is 4.50. The van der Waals surface area contributed by atoms with Gasteiger partial charge in [-0.15, -0.1) is 0 Å². The Bertz CT molecular complexity index is 1020. The van der Waals surface area contributed by atoms with E-state index in [-0.39, 0.29) is 42.7 Å². The van der Waals surface area contributed by atoms with Gasteiger partial charge in [0.2, 0.25) is 0 Å². The molecule has 0 aromatic carbocycles. The second-order valence-electron chi connectivity index (χ2n) is 14.2. The molecule has 0 aromatic heterocycles. The van der Waals surface area contributed by atoms with Crippen LogP contribution in [0.2, 0.25) is 0 Å². The van der Waals surface area contributed by atoms with Crippen molar-refractivity contribution in [3.8, 4) is 0 Å². The molecule has 2 atom stereocenters. The first-order valence-corrected chi connectivity index (χ1v) is 19.9. The average molecular weight is 717 g/mol. The van der Waals surface area contributed by atoms with Gasteiger partial charge in [-0.3, -0.25) is 9.59 Å². The number of allylic oxidation sites excluding steroid dienone is 10. The van der Waals surface area contributed by atoms with Crippen molar-refractivity contribution < 1.29 is 38.2 Å². The summed E-state index contributed by atoms with van der Waals surface area (Å²) in [6.07, 6.45) is 39.8. The molecule has 0 aromatic rings. The highest BCUT2D eigenvalue weighted by molar-refractivity contribution is 5.72. The number of likely N-dealkylation sites (N-methyl/N-ethyl adjacent to an activating group) is 1. The summed E-state index contributed by atoms with van der Waals surface area (Å²) in [5.41, 5.74) is 0. The molecule has 0 aliphatic heterocycles. The van der Waals surface area contributed by atoms with Crippen LogP contribution in [0, 0.1) is 0 Å². The number of carbonyl (C=O) groups excluding carboxylic acids is 2. The number of esters is 2. The molecule has 0 rings (SSSR count). The number of carbonyl (C=O) groups is 3. The molecule has 0 bridgehead atoms. The number of carboxylic acid groups (broad SMARTS) is 1. The Kier molecular flexibility index (Phi) is 32.1. The number of aliphatic carboxylic acids is 1. The maximum absolute atomic E-state index is 12.6. The fraction of sp³-hybridized carbons (Fsp3) is 0.698. The molecule has 2 unspecified atom stereocenters. The maximum Gasteiger partial charge on any atom is 0.362 e. The molecule has 0 radical (unpaired) electrons. The van der Waals surface area contributed by atoms with Crippen LogP contribution < -0.4 is 0 Å². The minimum absolute atomic E-state index is 0.0378. The zero-order chi connectivity index (χ0) is 37.8. The Hall–Kier alpha value is -2.97. The normalized spacial score (nSPS) is 13.7. The zero-order valence-corrected chi connectivity index (χ0v) is 33.0. The maximum atomic E-state index is 12.6. The van der Waals surface area contributed by atoms with Gasteiger partial charge in [0.25, 0.3) is 0 Å². The summed E-state index contributed by atoms with van der Waals surface area (Å²) in [5, 5.41) is 9.59. The van der Waals surface area contributed by atoms with Gasteiger partial charge in [0.1, 0.15) is 6.61 Å². The minimum Gasteiger partial charge on any atom is -0.477 e. The van der Waals surface area contributed by atoms with Crippen LogP contribution in [-0.4, -0.2) is 80.6 Å². The van der Waals surface area contributed by atoms with Crippen LogP contribution in [0.25, 0.3) is 0 Å². The second-order valence-corrected chi connectivity index (χ2v) is 14.2. The van der Waals surface area contributed by atoms with Crippen molar-refractivity contribution in [1.82, 2.24) is 0 Å². The average Bonchev–Trinajstić information content (AvgIpc) is 3.08. The first kappa shape index (κ1) is 48.0. The third-order valence-corrected chi connectivity index (χ3v) is 8.50. The first-order valence-electron chi connectivity index (χ1n) is 19.9. The molecule has 292 valence electrons. The molecule has 0 saturated heterocycles. The molecule has 0 amide bonds. The summed E-state index contributed by atoms with van der Waals surface area (Å²) < 4.78 is 17.2. The fourth-order valence-corrected chi connectivity index (χ4v) is 5.39. The lowest BCUT2D eigenvalue weighted by Crippen LogP contribution is -2.50. The molecule has 0 saturated carbocycles. The summed E-state index contributed by atoms with van der Waals surface area (Å²) in [5.74, 6) is -1.55. The van der Waals surface area contributed by atoms with Gasteiger partial charge in [0.05, 0.1) is 34.4 Å². The summed E-state index contributed by atoms with van der Waals surface area (Å²) in [7, 11) is 5.49. The molecule has 0 aliphatic rings. The summed E-state index contributed by atoms with van der Waals surface area (Å²) in [6.45, 7) is 4.51. The smallest absolute Gasteiger partial charge is 0.362 e. The van der Waals surface area contributed by atoms with E-state index in [1.807, 2.05) is 57.6 Å². The van der Waals surface area contributed by atoms with Crippen LogP contribution in [0.4, 0.5) is 0 Å². The zero-order valence-electron chi connectivity index (χ0n) is 33.0. The predicted molar refractivity (Wildman–Crippen MR) is 211 cm³/mol. The molecular weight excluding hydrogens is 642 g/mol. The van der Waals surface area contributed by atoms with Crippen molar-refractivity contribution in [3.63, 3.8) is 0 Å². The van der Waals surface area contributed by atoms with Crippen molar-refractivity contribution in [3.05, 3.63) is 60.8 Å². The number of ether oxygens (including phenoxy) is 3. The standard InChI is InChI=1S/C43H73NO7/c1-6-8-10-12-14-16-18-20-22-23-25-27-29-31-33-41(45)50-38-39(37-49-36-35-40(43(47)48)44(3,4)5)51-42(46)34-32-30-28-26-24-21-19-17-15-13-11-9-7-2/h9,11,13,15,17,19,21-24,39-40H,6-8,10,12,14,16,18,20,25-38H2,1-5H3/p+1/b11-9+,15-13+,19-17+,23-22+,24-21+. The van der Waals surface area contributed by atoms with Crippen LogP contribution >= 0.6 is 0 Å². The van der Waals surface area contributed by atoms with E-state index >= 15 is 0 Å². The highest BCUT2D eigenvalue weighted by Gasteiger charge is 2.31. The van der Waals surface area contributed by atoms with E-state index in [0.29, 0.717) is 19.3 Å². The van der Waals surface area contributed by atoms with Gasteiger partial charge in [0, 0.05) is 19.3 Å². The molecule has 8 nitrogen and oxygen atoms in total. The summed E-state index contributed by atoms with van der Waals surface area (Å²) >= 11 is 0. The van der Waals surface area contributed by atoms with Gasteiger partial charge in [-0.05, 0) is 57.8 Å².